The predicted molar refractivity (Wildman–Crippen MR) is 72.3 cm³/mol. The number of nitrogens with one attached hydrogen (secondary N) is 1. The molecule has 2 rings (SSSR count). The number of nitro benzene ring substituents is 1. The molecule has 0 amide bonds. The first kappa shape index (κ1) is 12.9. The summed E-state index contributed by atoms with van der Waals surface area (Å²) in [6.45, 7) is 3.36. The van der Waals surface area contributed by atoms with Gasteiger partial charge in [0.2, 0.25) is 0 Å². The van der Waals surface area contributed by atoms with Crippen LogP contribution in [-0.4, -0.2) is 43.0 Å². The average Bonchev–Trinajstić information content (AvgIpc) is 2.38. The van der Waals surface area contributed by atoms with Crippen LogP contribution in [0.15, 0.2) is 18.2 Å². The molecule has 6 nitrogen and oxygen atoms in total. The summed E-state index contributed by atoms with van der Waals surface area (Å²) in [5.41, 5.74) is 0.994. The normalized spacial score (nSPS) is 16.7. The Morgan fingerprint density at radius 3 is 2.56 bits per heavy atom. The smallest absolute Gasteiger partial charge is 0.316 e. The van der Waals surface area contributed by atoms with Gasteiger partial charge >= 0.3 is 5.69 Å². The molecule has 0 bridgehead atoms. The van der Waals surface area contributed by atoms with Crippen molar-refractivity contribution in [3.63, 3.8) is 0 Å². The topological polar surface area (TPSA) is 61.6 Å². The summed E-state index contributed by atoms with van der Waals surface area (Å²) in [5, 5.41) is 11.2. The minimum Gasteiger partial charge on any atom is -0.363 e. The quantitative estimate of drug-likeness (QED) is 0.516. The highest BCUT2D eigenvalue weighted by molar-refractivity contribution is 6.24. The molecular weight excluding hydrogens is 256 g/mol. The Labute approximate surface area is 110 Å². The fourth-order valence-electron chi connectivity index (χ4n) is 2.10. The van der Waals surface area contributed by atoms with Crippen LogP contribution in [0.2, 0.25) is 0 Å². The van der Waals surface area contributed by atoms with E-state index in [-0.39, 0.29) is 5.69 Å². The molecule has 0 spiro atoms. The summed E-state index contributed by atoms with van der Waals surface area (Å²) < 4.78 is 0. The van der Waals surface area contributed by atoms with Gasteiger partial charge in [0.1, 0.15) is 11.4 Å². The van der Waals surface area contributed by atoms with Gasteiger partial charge < -0.3 is 9.80 Å². The molecule has 7 heteroatoms. The number of nitrogens with zero attached hydrogens (tertiary/aromatic N) is 3. The molecule has 1 aromatic rings. The molecule has 1 aliphatic rings. The van der Waals surface area contributed by atoms with Crippen LogP contribution in [0.25, 0.3) is 0 Å². The van der Waals surface area contributed by atoms with Crippen molar-refractivity contribution in [2.45, 2.75) is 0 Å². The molecule has 98 valence electrons. The second-order valence-electron chi connectivity index (χ2n) is 4.32. The first-order valence-corrected chi connectivity index (χ1v) is 6.09. The van der Waals surface area contributed by atoms with E-state index in [0.717, 1.165) is 26.2 Å². The maximum absolute atomic E-state index is 11.2. The molecule has 0 radical (unpaired) electrons. The zero-order chi connectivity index (χ0) is 13.1. The van der Waals surface area contributed by atoms with Gasteiger partial charge in [-0.25, -0.2) is 0 Å². The van der Waals surface area contributed by atoms with Gasteiger partial charge in [-0.15, -0.1) is 0 Å². The lowest BCUT2D eigenvalue weighted by molar-refractivity contribution is -0.383. The number of likely N-dealkylation sites (N-methyl/N-ethyl adjacent to an activating group) is 1. The van der Waals surface area contributed by atoms with Crippen LogP contribution in [-0.2, 0) is 0 Å². The molecule has 1 saturated heterocycles. The van der Waals surface area contributed by atoms with E-state index in [9.17, 15) is 10.1 Å². The third kappa shape index (κ3) is 2.49. The minimum absolute atomic E-state index is 0.0389. The number of rotatable bonds is 3. The summed E-state index contributed by atoms with van der Waals surface area (Å²) in [4.78, 5) is 17.4. The molecule has 0 atom stereocenters. The van der Waals surface area contributed by atoms with Gasteiger partial charge in [0.05, 0.1) is 4.92 Å². The molecule has 1 aliphatic heterocycles. The highest BCUT2D eigenvalue weighted by Gasteiger charge is 2.25. The Bertz CT molecular complexity index is 447. The average molecular weight is 271 g/mol. The third-order valence-corrected chi connectivity index (χ3v) is 3.35. The van der Waals surface area contributed by atoms with Gasteiger partial charge in [0.25, 0.3) is 0 Å². The number of hydrogen-bond donors (Lipinski definition) is 1. The summed E-state index contributed by atoms with van der Waals surface area (Å²) in [5.74, 6) is 0. The molecule has 18 heavy (non-hydrogen) atoms. The third-order valence-electron chi connectivity index (χ3n) is 3.14. The number of para-hydroxylation sites is 1. The van der Waals surface area contributed by atoms with Crippen molar-refractivity contribution in [2.75, 3.05) is 43.0 Å². The van der Waals surface area contributed by atoms with Crippen LogP contribution >= 0.6 is 11.8 Å². The van der Waals surface area contributed by atoms with Gasteiger partial charge in [0, 0.05) is 38.0 Å². The molecular formula is C11H15ClN4O2. The number of hydrogen-bond acceptors (Lipinski definition) is 5. The summed E-state index contributed by atoms with van der Waals surface area (Å²) in [6, 6.07) is 5.14. The Balaban J connectivity index is 2.35. The van der Waals surface area contributed by atoms with Crippen LogP contribution in [0.5, 0.6) is 0 Å². The van der Waals surface area contributed by atoms with E-state index < -0.39 is 4.92 Å². The molecule has 1 heterocycles. The molecule has 0 aliphatic carbocycles. The van der Waals surface area contributed by atoms with E-state index in [0.29, 0.717) is 11.4 Å². The van der Waals surface area contributed by atoms with E-state index in [1.54, 1.807) is 18.2 Å². The Morgan fingerprint density at radius 2 is 2.00 bits per heavy atom. The standard InChI is InChI=1S/C11H15ClN4O2/c1-14-5-7-15(8-6-14)10-4-2-3-9(13-12)11(10)16(17)18/h2-4,13H,5-8H2,1H3. The zero-order valence-corrected chi connectivity index (χ0v) is 10.9. The largest absolute Gasteiger partial charge is 0.363 e. The maximum Gasteiger partial charge on any atom is 0.316 e. The molecule has 0 unspecified atom stereocenters. The second-order valence-corrected chi connectivity index (χ2v) is 4.50. The second kappa shape index (κ2) is 5.41. The van der Waals surface area contributed by atoms with Gasteiger partial charge in [-0.05, 0) is 19.2 Å². The van der Waals surface area contributed by atoms with E-state index in [2.05, 4.69) is 9.74 Å². The molecule has 0 aromatic heterocycles. The Hall–Kier alpha value is -1.53. The number of halogens is 1. The number of piperazine rings is 1. The molecule has 1 fully saturated rings. The van der Waals surface area contributed by atoms with Gasteiger partial charge in [-0.1, -0.05) is 6.07 Å². The van der Waals surface area contributed by atoms with Crippen molar-refractivity contribution in [1.82, 2.24) is 4.90 Å². The highest BCUT2D eigenvalue weighted by Crippen LogP contribution is 2.36. The monoisotopic (exact) mass is 270 g/mol. The molecule has 1 N–H and O–H groups in total. The predicted octanol–water partition coefficient (Wildman–Crippen LogP) is 1.91. The van der Waals surface area contributed by atoms with Crippen LogP contribution in [0, 0.1) is 10.1 Å². The van der Waals surface area contributed by atoms with Gasteiger partial charge in [-0.2, -0.15) is 0 Å². The molecule has 1 aromatic carbocycles. The van der Waals surface area contributed by atoms with Gasteiger partial charge in [-0.3, -0.25) is 15.0 Å². The first-order chi connectivity index (χ1) is 8.63. The number of benzene rings is 1. The summed E-state index contributed by atoms with van der Waals surface area (Å²) in [7, 11) is 2.04. The zero-order valence-electron chi connectivity index (χ0n) is 10.1. The Morgan fingerprint density at radius 1 is 1.33 bits per heavy atom. The lowest BCUT2D eigenvalue weighted by atomic mass is 10.2. The van der Waals surface area contributed by atoms with Crippen molar-refractivity contribution >= 4 is 28.8 Å². The van der Waals surface area contributed by atoms with Crippen molar-refractivity contribution in [2.24, 2.45) is 0 Å². The maximum atomic E-state index is 11.2. The van der Waals surface area contributed by atoms with Crippen LogP contribution in [0.3, 0.4) is 0 Å². The van der Waals surface area contributed by atoms with Crippen LogP contribution in [0.1, 0.15) is 0 Å². The summed E-state index contributed by atoms with van der Waals surface area (Å²) in [6.07, 6.45) is 0. The van der Waals surface area contributed by atoms with Crippen molar-refractivity contribution in [3.05, 3.63) is 28.3 Å². The van der Waals surface area contributed by atoms with Crippen molar-refractivity contribution in [1.29, 1.82) is 0 Å². The lowest BCUT2D eigenvalue weighted by Gasteiger charge is -2.33. The van der Waals surface area contributed by atoms with Crippen molar-refractivity contribution < 1.29 is 4.92 Å². The SMILES string of the molecule is CN1CCN(c2cccc(NCl)c2[N+](=O)[O-])CC1. The summed E-state index contributed by atoms with van der Waals surface area (Å²) >= 11 is 5.53. The lowest BCUT2D eigenvalue weighted by Crippen LogP contribution is -2.44. The van der Waals surface area contributed by atoms with Crippen LogP contribution in [0.4, 0.5) is 17.1 Å². The van der Waals surface area contributed by atoms with Gasteiger partial charge in [0.15, 0.2) is 0 Å². The highest BCUT2D eigenvalue weighted by atomic mass is 35.5. The van der Waals surface area contributed by atoms with E-state index in [1.807, 2.05) is 11.9 Å². The minimum atomic E-state index is -0.391. The first-order valence-electron chi connectivity index (χ1n) is 5.71. The Kier molecular flexibility index (Phi) is 3.88. The number of anilines is 2. The van der Waals surface area contributed by atoms with E-state index >= 15 is 0 Å². The fourth-order valence-corrected chi connectivity index (χ4v) is 2.25. The molecule has 0 saturated carbocycles. The number of nitro groups is 1. The van der Waals surface area contributed by atoms with Crippen LogP contribution < -0.4 is 9.74 Å². The van der Waals surface area contributed by atoms with Crippen molar-refractivity contribution in [3.8, 4) is 0 Å². The fraction of sp³-hybridized carbons (Fsp3) is 0.455. The van der Waals surface area contributed by atoms with E-state index in [4.69, 9.17) is 11.8 Å². The van der Waals surface area contributed by atoms with E-state index in [1.165, 1.54) is 0 Å².